The largest absolute Gasteiger partial charge is 0.463 e. The molecule has 1 saturated heterocycles. The van der Waals surface area contributed by atoms with Gasteiger partial charge in [-0.25, -0.2) is 14.7 Å². The van der Waals surface area contributed by atoms with Gasteiger partial charge in [-0.3, -0.25) is 4.79 Å². The summed E-state index contributed by atoms with van der Waals surface area (Å²) >= 11 is 1.35. The van der Waals surface area contributed by atoms with Crippen molar-refractivity contribution in [2.24, 2.45) is 28.9 Å². The first-order valence-electron chi connectivity index (χ1n) is 12.6. The molecule has 200 valence electrons. The SMILES string of the molecule is Cn1ncc(CC(=O)N=CC2CCC(CCN3CCC4N=C(OCC(F)(F)F)SC4CC3)CC2)c1F. The van der Waals surface area contributed by atoms with Gasteiger partial charge in [0.15, 0.2) is 6.61 Å². The van der Waals surface area contributed by atoms with Crippen LogP contribution in [0.2, 0.25) is 0 Å². The van der Waals surface area contributed by atoms with Crippen LogP contribution in [-0.4, -0.2) is 75.7 Å². The number of thioether (sulfide) groups is 1. The van der Waals surface area contributed by atoms with Crippen molar-refractivity contribution in [1.82, 2.24) is 14.7 Å². The Labute approximate surface area is 212 Å². The first-order valence-corrected chi connectivity index (χ1v) is 13.4. The van der Waals surface area contributed by atoms with E-state index in [1.165, 1.54) is 25.0 Å². The highest BCUT2D eigenvalue weighted by Crippen LogP contribution is 2.35. The highest BCUT2D eigenvalue weighted by molar-refractivity contribution is 8.14. The highest BCUT2D eigenvalue weighted by atomic mass is 32.2. The Morgan fingerprint density at radius 1 is 1.22 bits per heavy atom. The third-order valence-electron chi connectivity index (χ3n) is 7.23. The molecule has 3 heterocycles. The number of carbonyl (C=O) groups is 1. The second kappa shape index (κ2) is 12.1. The topological polar surface area (TPSA) is 72.1 Å². The van der Waals surface area contributed by atoms with Crippen molar-refractivity contribution in [2.45, 2.75) is 68.8 Å². The van der Waals surface area contributed by atoms with Crippen molar-refractivity contribution in [2.75, 3.05) is 26.2 Å². The smallest absolute Gasteiger partial charge is 0.422 e. The quantitative estimate of drug-likeness (QED) is 0.385. The van der Waals surface area contributed by atoms with E-state index in [4.69, 9.17) is 4.74 Å². The van der Waals surface area contributed by atoms with E-state index in [-0.39, 0.29) is 40.3 Å². The molecule has 0 spiro atoms. The Morgan fingerprint density at radius 2 is 1.97 bits per heavy atom. The molecule has 0 N–H and O–H groups in total. The van der Waals surface area contributed by atoms with Gasteiger partial charge < -0.3 is 9.64 Å². The Morgan fingerprint density at radius 3 is 2.67 bits per heavy atom. The number of hydrogen-bond acceptors (Lipinski definition) is 6. The minimum atomic E-state index is -4.34. The van der Waals surface area contributed by atoms with Gasteiger partial charge >= 0.3 is 6.18 Å². The molecule has 0 bridgehead atoms. The fourth-order valence-corrected chi connectivity index (χ4v) is 6.27. The van der Waals surface area contributed by atoms with E-state index in [1.807, 2.05) is 0 Å². The summed E-state index contributed by atoms with van der Waals surface area (Å²) in [6.07, 6.45) is 5.75. The summed E-state index contributed by atoms with van der Waals surface area (Å²) in [6, 6.07) is 0.0373. The molecule has 4 rings (SSSR count). The van der Waals surface area contributed by atoms with Gasteiger partial charge in [-0.2, -0.15) is 22.7 Å². The molecule has 3 aliphatic rings. The summed E-state index contributed by atoms with van der Waals surface area (Å²) in [4.78, 5) is 23.0. The Kier molecular flexibility index (Phi) is 9.08. The average Bonchev–Trinajstić information content (AvgIpc) is 3.32. The number of halogens is 4. The summed E-state index contributed by atoms with van der Waals surface area (Å²) in [7, 11) is 1.49. The van der Waals surface area contributed by atoms with Crippen LogP contribution in [0.4, 0.5) is 17.6 Å². The Hall–Kier alpha value is -1.95. The van der Waals surface area contributed by atoms with Gasteiger partial charge in [-0.05, 0) is 69.9 Å². The van der Waals surface area contributed by atoms with Crippen LogP contribution in [0.1, 0.15) is 50.5 Å². The maximum Gasteiger partial charge on any atom is 0.422 e. The number of hydrogen-bond donors (Lipinski definition) is 0. The Balaban J connectivity index is 1.12. The summed E-state index contributed by atoms with van der Waals surface area (Å²) in [5.41, 5.74) is 0.265. The van der Waals surface area contributed by atoms with Crippen LogP contribution in [0.15, 0.2) is 16.2 Å². The third-order valence-corrected chi connectivity index (χ3v) is 8.51. The first kappa shape index (κ1) is 27.1. The van der Waals surface area contributed by atoms with Gasteiger partial charge in [0, 0.05) is 30.6 Å². The third kappa shape index (κ3) is 7.77. The van der Waals surface area contributed by atoms with Crippen molar-refractivity contribution in [3.05, 3.63) is 17.7 Å². The zero-order chi connectivity index (χ0) is 25.7. The number of likely N-dealkylation sites (tertiary alicyclic amines) is 1. The molecule has 2 fully saturated rings. The Bertz CT molecular complexity index is 959. The molecule has 2 atom stereocenters. The van der Waals surface area contributed by atoms with E-state index in [0.29, 0.717) is 5.92 Å². The van der Waals surface area contributed by atoms with E-state index in [9.17, 15) is 22.4 Å². The van der Waals surface area contributed by atoms with Crippen LogP contribution in [0.25, 0.3) is 0 Å². The maximum absolute atomic E-state index is 13.8. The fraction of sp³-hybridized carbons (Fsp3) is 0.750. The molecule has 0 radical (unpaired) electrons. The number of aromatic nitrogens is 2. The lowest BCUT2D eigenvalue weighted by Crippen LogP contribution is -2.29. The van der Waals surface area contributed by atoms with Crippen LogP contribution >= 0.6 is 11.8 Å². The van der Waals surface area contributed by atoms with E-state index < -0.39 is 18.7 Å². The standard InChI is InChI=1S/C24H33F4N5O2S/c1-32-22(25)18(14-30-32)12-21(34)29-13-17-4-2-16(3-5-17)6-9-33-10-7-19-20(8-11-33)36-23(31-19)35-15-24(26,27)28/h13-14,16-17,19-20H,2-12,15H2,1H3. The molecule has 1 saturated carbocycles. The normalized spacial score (nSPS) is 27.6. The zero-order valence-electron chi connectivity index (χ0n) is 20.4. The number of carbonyl (C=O) groups excluding carboxylic acids is 1. The monoisotopic (exact) mass is 531 g/mol. The highest BCUT2D eigenvalue weighted by Gasteiger charge is 2.36. The summed E-state index contributed by atoms with van der Waals surface area (Å²) in [5.74, 6) is 0.0758. The molecular weight excluding hydrogens is 498 g/mol. The predicted molar refractivity (Wildman–Crippen MR) is 131 cm³/mol. The second-order valence-electron chi connectivity index (χ2n) is 9.94. The molecule has 12 heteroatoms. The molecule has 0 aromatic carbocycles. The molecular formula is C24H33F4N5O2S. The lowest BCUT2D eigenvalue weighted by atomic mass is 9.81. The number of amides is 1. The van der Waals surface area contributed by atoms with Crippen LogP contribution in [-0.2, 0) is 23.0 Å². The van der Waals surface area contributed by atoms with Gasteiger partial charge in [0.25, 0.3) is 0 Å². The van der Waals surface area contributed by atoms with Crippen molar-refractivity contribution in [1.29, 1.82) is 0 Å². The van der Waals surface area contributed by atoms with Gasteiger partial charge in [0.2, 0.25) is 17.1 Å². The molecule has 1 aromatic heterocycles. The minimum Gasteiger partial charge on any atom is -0.463 e. The summed E-state index contributed by atoms with van der Waals surface area (Å²) in [5, 5.41) is 4.19. The van der Waals surface area contributed by atoms with E-state index in [0.717, 1.165) is 69.3 Å². The number of nitrogens with zero attached hydrogens (tertiary/aromatic N) is 5. The van der Waals surface area contributed by atoms with Gasteiger partial charge in [-0.1, -0.05) is 11.8 Å². The van der Waals surface area contributed by atoms with Crippen molar-refractivity contribution < 1.29 is 27.1 Å². The molecule has 2 unspecified atom stereocenters. The molecule has 2 aliphatic heterocycles. The van der Waals surface area contributed by atoms with E-state index >= 15 is 0 Å². The number of alkyl halides is 3. The fourth-order valence-electron chi connectivity index (χ4n) is 5.11. The molecule has 1 aromatic rings. The number of ether oxygens (including phenoxy) is 1. The number of aryl methyl sites for hydroxylation is 1. The molecule has 1 aliphatic carbocycles. The predicted octanol–water partition coefficient (Wildman–Crippen LogP) is 4.41. The number of aliphatic imine (C=N–C) groups is 2. The van der Waals surface area contributed by atoms with Gasteiger partial charge in [0.1, 0.15) is 0 Å². The zero-order valence-corrected chi connectivity index (χ0v) is 21.2. The molecule has 7 nitrogen and oxygen atoms in total. The summed E-state index contributed by atoms with van der Waals surface area (Å²) < 4.78 is 56.9. The van der Waals surface area contributed by atoms with Crippen LogP contribution < -0.4 is 0 Å². The van der Waals surface area contributed by atoms with Crippen LogP contribution in [0, 0.1) is 17.8 Å². The van der Waals surface area contributed by atoms with Crippen molar-refractivity contribution in [3.8, 4) is 0 Å². The van der Waals surface area contributed by atoms with E-state index in [1.54, 1.807) is 6.21 Å². The lowest BCUT2D eigenvalue weighted by molar-refractivity contribution is -0.155. The number of fused-ring (bicyclic) bond motifs is 1. The molecule has 36 heavy (non-hydrogen) atoms. The lowest BCUT2D eigenvalue weighted by Gasteiger charge is -2.28. The van der Waals surface area contributed by atoms with Crippen LogP contribution in [0.3, 0.4) is 0 Å². The first-order chi connectivity index (χ1) is 17.2. The summed E-state index contributed by atoms with van der Waals surface area (Å²) in [6.45, 7) is 1.57. The number of rotatable bonds is 7. The van der Waals surface area contributed by atoms with Gasteiger partial charge in [0.05, 0.1) is 18.7 Å². The average molecular weight is 532 g/mol. The molecule has 1 amide bonds. The van der Waals surface area contributed by atoms with Gasteiger partial charge in [-0.15, -0.1) is 0 Å². The minimum absolute atomic E-state index is 0.0373. The second-order valence-corrected chi connectivity index (χ2v) is 11.1. The van der Waals surface area contributed by atoms with Crippen LogP contribution in [0.5, 0.6) is 0 Å². The van der Waals surface area contributed by atoms with Crippen molar-refractivity contribution >= 4 is 29.1 Å². The van der Waals surface area contributed by atoms with E-state index in [2.05, 4.69) is 20.0 Å². The maximum atomic E-state index is 13.8. The van der Waals surface area contributed by atoms with Crippen molar-refractivity contribution in [3.63, 3.8) is 0 Å².